The summed E-state index contributed by atoms with van der Waals surface area (Å²) in [5.41, 5.74) is 2.97. The minimum Gasteiger partial charge on any atom is -0.342 e. The molecule has 3 rings (SSSR count). The molecule has 0 saturated carbocycles. The van der Waals surface area contributed by atoms with E-state index >= 15 is 0 Å². The summed E-state index contributed by atoms with van der Waals surface area (Å²) in [4.78, 5) is 31.0. The molecule has 1 fully saturated rings. The quantitative estimate of drug-likeness (QED) is 0.775. The lowest BCUT2D eigenvalue weighted by atomic mass is 10.0. The molecule has 2 aromatic rings. The van der Waals surface area contributed by atoms with Crippen molar-refractivity contribution >= 4 is 11.8 Å². The summed E-state index contributed by atoms with van der Waals surface area (Å²) < 4.78 is 0. The maximum absolute atomic E-state index is 12.8. The Kier molecular flexibility index (Phi) is 6.82. The van der Waals surface area contributed by atoms with Crippen LogP contribution in [0.5, 0.6) is 0 Å². The van der Waals surface area contributed by atoms with E-state index in [0.29, 0.717) is 25.2 Å². The standard InChI is InChI=1S/C23H29N3O2/c1-3-25(4-2)22(27)18-24-14-16-26(17-15-24)23(28)21-12-10-20(11-13-21)19-8-6-5-7-9-19/h5-13H,3-4,14-18H2,1-2H3. The van der Waals surface area contributed by atoms with Crippen molar-refractivity contribution in [2.75, 3.05) is 45.8 Å². The van der Waals surface area contributed by atoms with Gasteiger partial charge in [0.2, 0.25) is 5.91 Å². The number of rotatable bonds is 6. The zero-order valence-electron chi connectivity index (χ0n) is 16.8. The third kappa shape index (κ3) is 4.78. The third-order valence-corrected chi connectivity index (χ3v) is 5.37. The van der Waals surface area contributed by atoms with Crippen LogP contribution in [0.25, 0.3) is 11.1 Å². The van der Waals surface area contributed by atoms with Crippen LogP contribution < -0.4 is 0 Å². The van der Waals surface area contributed by atoms with Crippen molar-refractivity contribution in [1.29, 1.82) is 0 Å². The Balaban J connectivity index is 1.54. The van der Waals surface area contributed by atoms with Gasteiger partial charge in [-0.1, -0.05) is 42.5 Å². The SMILES string of the molecule is CCN(CC)C(=O)CN1CCN(C(=O)c2ccc(-c3ccccc3)cc2)CC1. The highest BCUT2D eigenvalue weighted by Gasteiger charge is 2.24. The summed E-state index contributed by atoms with van der Waals surface area (Å²) in [6, 6.07) is 18.0. The molecule has 148 valence electrons. The molecule has 5 heteroatoms. The number of hydrogen-bond acceptors (Lipinski definition) is 3. The Morgan fingerprint density at radius 3 is 1.96 bits per heavy atom. The van der Waals surface area contributed by atoms with Crippen LogP contribution in [0.4, 0.5) is 0 Å². The van der Waals surface area contributed by atoms with Gasteiger partial charge in [-0.3, -0.25) is 14.5 Å². The fourth-order valence-corrected chi connectivity index (χ4v) is 3.60. The van der Waals surface area contributed by atoms with E-state index in [1.165, 1.54) is 0 Å². The van der Waals surface area contributed by atoms with Crippen molar-refractivity contribution in [3.63, 3.8) is 0 Å². The normalized spacial score (nSPS) is 14.7. The average Bonchev–Trinajstić information content (AvgIpc) is 2.75. The number of carbonyl (C=O) groups excluding carboxylic acids is 2. The summed E-state index contributed by atoms with van der Waals surface area (Å²) in [6.07, 6.45) is 0. The predicted molar refractivity (Wildman–Crippen MR) is 112 cm³/mol. The number of amides is 2. The highest BCUT2D eigenvalue weighted by molar-refractivity contribution is 5.94. The minimum atomic E-state index is 0.0642. The first-order valence-electron chi connectivity index (χ1n) is 10.1. The summed E-state index contributed by atoms with van der Waals surface area (Å²) in [5.74, 6) is 0.232. The van der Waals surface area contributed by atoms with E-state index < -0.39 is 0 Å². The molecule has 0 atom stereocenters. The average molecular weight is 380 g/mol. The van der Waals surface area contributed by atoms with Crippen molar-refractivity contribution in [3.05, 3.63) is 60.2 Å². The lowest BCUT2D eigenvalue weighted by molar-refractivity contribution is -0.132. The molecule has 0 radical (unpaired) electrons. The minimum absolute atomic E-state index is 0.0642. The van der Waals surface area contributed by atoms with Crippen LogP contribution in [0.15, 0.2) is 54.6 Å². The van der Waals surface area contributed by atoms with Crippen LogP contribution in [0.1, 0.15) is 24.2 Å². The van der Waals surface area contributed by atoms with Gasteiger partial charge in [0.05, 0.1) is 6.54 Å². The second-order valence-corrected chi connectivity index (χ2v) is 7.08. The van der Waals surface area contributed by atoms with Crippen LogP contribution in [0, 0.1) is 0 Å². The van der Waals surface area contributed by atoms with E-state index in [-0.39, 0.29) is 11.8 Å². The molecule has 1 heterocycles. The summed E-state index contributed by atoms with van der Waals surface area (Å²) >= 11 is 0. The van der Waals surface area contributed by atoms with E-state index in [1.807, 2.05) is 66.1 Å². The first kappa shape index (κ1) is 20.1. The maximum Gasteiger partial charge on any atom is 0.253 e. The fraction of sp³-hybridized carbons (Fsp3) is 0.391. The van der Waals surface area contributed by atoms with Crippen molar-refractivity contribution in [1.82, 2.24) is 14.7 Å². The maximum atomic E-state index is 12.8. The zero-order chi connectivity index (χ0) is 19.9. The zero-order valence-corrected chi connectivity index (χ0v) is 16.8. The van der Waals surface area contributed by atoms with Gasteiger partial charge in [0.25, 0.3) is 5.91 Å². The van der Waals surface area contributed by atoms with Gasteiger partial charge in [0.15, 0.2) is 0 Å². The van der Waals surface area contributed by atoms with E-state index in [0.717, 1.165) is 37.3 Å². The number of likely N-dealkylation sites (N-methyl/N-ethyl adjacent to an activating group) is 1. The summed E-state index contributed by atoms with van der Waals surface area (Å²) in [6.45, 7) is 8.72. The van der Waals surface area contributed by atoms with Crippen LogP contribution in [-0.4, -0.2) is 72.3 Å². The van der Waals surface area contributed by atoms with Gasteiger partial charge < -0.3 is 9.80 Å². The Hall–Kier alpha value is -2.66. The summed E-state index contributed by atoms with van der Waals surface area (Å²) in [7, 11) is 0. The number of piperazine rings is 1. The molecule has 0 N–H and O–H groups in total. The molecule has 2 amide bonds. The van der Waals surface area contributed by atoms with Crippen LogP contribution in [0.3, 0.4) is 0 Å². The van der Waals surface area contributed by atoms with E-state index in [2.05, 4.69) is 17.0 Å². The van der Waals surface area contributed by atoms with Crippen molar-refractivity contribution in [2.45, 2.75) is 13.8 Å². The van der Waals surface area contributed by atoms with E-state index in [1.54, 1.807) is 0 Å². The van der Waals surface area contributed by atoms with Crippen molar-refractivity contribution < 1.29 is 9.59 Å². The van der Waals surface area contributed by atoms with Gasteiger partial charge in [-0.25, -0.2) is 0 Å². The molecule has 0 spiro atoms. The van der Waals surface area contributed by atoms with Gasteiger partial charge in [-0.15, -0.1) is 0 Å². The molecule has 0 unspecified atom stereocenters. The van der Waals surface area contributed by atoms with Gasteiger partial charge in [-0.05, 0) is 37.1 Å². The Morgan fingerprint density at radius 2 is 1.39 bits per heavy atom. The number of benzene rings is 2. The number of hydrogen-bond donors (Lipinski definition) is 0. The first-order valence-corrected chi connectivity index (χ1v) is 10.1. The predicted octanol–water partition coefficient (Wildman–Crippen LogP) is 2.98. The molecule has 1 saturated heterocycles. The first-order chi connectivity index (χ1) is 13.6. The molecule has 1 aliphatic rings. The van der Waals surface area contributed by atoms with Crippen LogP contribution in [0.2, 0.25) is 0 Å². The van der Waals surface area contributed by atoms with Gasteiger partial charge in [0, 0.05) is 44.8 Å². The van der Waals surface area contributed by atoms with Gasteiger partial charge >= 0.3 is 0 Å². The summed E-state index contributed by atoms with van der Waals surface area (Å²) in [5, 5.41) is 0. The van der Waals surface area contributed by atoms with Crippen LogP contribution >= 0.6 is 0 Å². The lowest BCUT2D eigenvalue weighted by Gasteiger charge is -2.35. The Bertz CT molecular complexity index is 777. The Labute approximate surface area is 167 Å². The fourth-order valence-electron chi connectivity index (χ4n) is 3.60. The molecule has 0 bridgehead atoms. The highest BCUT2D eigenvalue weighted by Crippen LogP contribution is 2.20. The molecule has 1 aliphatic heterocycles. The van der Waals surface area contributed by atoms with E-state index in [9.17, 15) is 9.59 Å². The molecular weight excluding hydrogens is 350 g/mol. The second-order valence-electron chi connectivity index (χ2n) is 7.08. The van der Waals surface area contributed by atoms with Crippen LogP contribution in [-0.2, 0) is 4.79 Å². The topological polar surface area (TPSA) is 43.9 Å². The number of carbonyl (C=O) groups is 2. The smallest absolute Gasteiger partial charge is 0.253 e. The van der Waals surface area contributed by atoms with E-state index in [4.69, 9.17) is 0 Å². The molecular formula is C23H29N3O2. The Morgan fingerprint density at radius 1 is 0.821 bits per heavy atom. The van der Waals surface area contributed by atoms with Gasteiger partial charge in [-0.2, -0.15) is 0 Å². The third-order valence-electron chi connectivity index (χ3n) is 5.37. The lowest BCUT2D eigenvalue weighted by Crippen LogP contribution is -2.51. The molecule has 28 heavy (non-hydrogen) atoms. The highest BCUT2D eigenvalue weighted by atomic mass is 16.2. The number of nitrogens with zero attached hydrogens (tertiary/aromatic N) is 3. The largest absolute Gasteiger partial charge is 0.342 e. The molecule has 0 aromatic heterocycles. The van der Waals surface area contributed by atoms with Crippen molar-refractivity contribution in [3.8, 4) is 11.1 Å². The monoisotopic (exact) mass is 379 g/mol. The van der Waals surface area contributed by atoms with Crippen molar-refractivity contribution in [2.24, 2.45) is 0 Å². The molecule has 2 aromatic carbocycles. The molecule has 0 aliphatic carbocycles. The second kappa shape index (κ2) is 9.51. The van der Waals surface area contributed by atoms with Gasteiger partial charge in [0.1, 0.15) is 0 Å². The molecule has 5 nitrogen and oxygen atoms in total.